The third kappa shape index (κ3) is 2.57. The zero-order chi connectivity index (χ0) is 13.2. The van der Waals surface area contributed by atoms with Crippen LogP contribution in [0, 0.1) is 5.41 Å². The van der Waals surface area contributed by atoms with Crippen molar-refractivity contribution in [2.75, 3.05) is 13.7 Å². The number of nitrogens with zero attached hydrogens (tertiary/aromatic N) is 2. The normalized spacial score (nSPS) is 26.1. The predicted molar refractivity (Wildman–Crippen MR) is 73.3 cm³/mol. The molecule has 0 amide bonds. The van der Waals surface area contributed by atoms with E-state index in [1.54, 1.807) is 0 Å². The fourth-order valence-corrected chi connectivity index (χ4v) is 2.95. The van der Waals surface area contributed by atoms with Gasteiger partial charge >= 0.3 is 0 Å². The molecule has 0 saturated heterocycles. The van der Waals surface area contributed by atoms with Crippen molar-refractivity contribution in [2.45, 2.75) is 45.9 Å². The Morgan fingerprint density at radius 2 is 2.22 bits per heavy atom. The van der Waals surface area contributed by atoms with Crippen molar-refractivity contribution in [2.24, 2.45) is 5.41 Å². The van der Waals surface area contributed by atoms with Crippen molar-refractivity contribution in [3.05, 3.63) is 30.1 Å². The minimum absolute atomic E-state index is 0.236. The van der Waals surface area contributed by atoms with E-state index in [-0.39, 0.29) is 5.41 Å². The molecule has 18 heavy (non-hydrogen) atoms. The van der Waals surface area contributed by atoms with E-state index in [0.717, 1.165) is 25.3 Å². The first-order valence-electron chi connectivity index (χ1n) is 6.77. The SMILES string of the molecule is CCOC1CC(N(C)Cc2ccccn2)C1(C)C. The lowest BCUT2D eigenvalue weighted by Gasteiger charge is -2.55. The van der Waals surface area contributed by atoms with Gasteiger partial charge in [-0.15, -0.1) is 0 Å². The Hall–Kier alpha value is -0.930. The lowest BCUT2D eigenvalue weighted by Crippen LogP contribution is -2.61. The van der Waals surface area contributed by atoms with Crippen LogP contribution in [-0.4, -0.2) is 35.7 Å². The van der Waals surface area contributed by atoms with Gasteiger partial charge in [0, 0.05) is 30.8 Å². The van der Waals surface area contributed by atoms with Gasteiger partial charge in [0.05, 0.1) is 11.8 Å². The second-order valence-corrected chi connectivity index (χ2v) is 5.75. The molecular weight excluding hydrogens is 224 g/mol. The van der Waals surface area contributed by atoms with Gasteiger partial charge in [-0.25, -0.2) is 0 Å². The first-order valence-corrected chi connectivity index (χ1v) is 6.77. The summed E-state index contributed by atoms with van der Waals surface area (Å²) in [6, 6.07) is 6.67. The second-order valence-electron chi connectivity index (χ2n) is 5.75. The van der Waals surface area contributed by atoms with E-state index in [2.05, 4.69) is 43.8 Å². The van der Waals surface area contributed by atoms with Gasteiger partial charge in [-0.1, -0.05) is 19.9 Å². The Morgan fingerprint density at radius 3 is 2.78 bits per heavy atom. The maximum Gasteiger partial charge on any atom is 0.0655 e. The molecule has 0 N–H and O–H groups in total. The molecule has 0 bridgehead atoms. The summed E-state index contributed by atoms with van der Waals surface area (Å²) in [6.07, 6.45) is 3.39. The molecule has 3 nitrogen and oxygen atoms in total. The molecule has 3 heteroatoms. The summed E-state index contributed by atoms with van der Waals surface area (Å²) in [5.41, 5.74) is 1.37. The van der Waals surface area contributed by atoms with Crippen LogP contribution in [0.1, 0.15) is 32.9 Å². The van der Waals surface area contributed by atoms with Crippen LogP contribution in [0.15, 0.2) is 24.4 Å². The van der Waals surface area contributed by atoms with Crippen molar-refractivity contribution in [3.8, 4) is 0 Å². The Kier molecular flexibility index (Phi) is 4.03. The van der Waals surface area contributed by atoms with Crippen LogP contribution in [0.4, 0.5) is 0 Å². The molecule has 0 spiro atoms. The summed E-state index contributed by atoms with van der Waals surface area (Å²) in [4.78, 5) is 6.79. The van der Waals surface area contributed by atoms with Gasteiger partial charge in [-0.05, 0) is 32.5 Å². The third-order valence-corrected chi connectivity index (χ3v) is 4.16. The second kappa shape index (κ2) is 5.37. The lowest BCUT2D eigenvalue weighted by molar-refractivity contribution is -0.146. The van der Waals surface area contributed by atoms with Gasteiger partial charge in [-0.2, -0.15) is 0 Å². The maximum absolute atomic E-state index is 5.78. The third-order valence-electron chi connectivity index (χ3n) is 4.16. The van der Waals surface area contributed by atoms with Crippen LogP contribution in [0.3, 0.4) is 0 Å². The molecule has 1 fully saturated rings. The van der Waals surface area contributed by atoms with Crippen molar-refractivity contribution in [3.63, 3.8) is 0 Å². The summed E-state index contributed by atoms with van der Waals surface area (Å²) >= 11 is 0. The highest BCUT2D eigenvalue weighted by molar-refractivity contribution is 5.07. The molecule has 2 rings (SSSR count). The van der Waals surface area contributed by atoms with Crippen molar-refractivity contribution in [1.29, 1.82) is 0 Å². The largest absolute Gasteiger partial charge is 0.378 e. The van der Waals surface area contributed by atoms with E-state index in [9.17, 15) is 0 Å². The monoisotopic (exact) mass is 248 g/mol. The van der Waals surface area contributed by atoms with Gasteiger partial charge in [0.2, 0.25) is 0 Å². The molecule has 100 valence electrons. The van der Waals surface area contributed by atoms with Gasteiger partial charge in [-0.3, -0.25) is 9.88 Å². The smallest absolute Gasteiger partial charge is 0.0655 e. The van der Waals surface area contributed by atoms with E-state index in [1.807, 2.05) is 18.3 Å². The highest BCUT2D eigenvalue weighted by atomic mass is 16.5. The van der Waals surface area contributed by atoms with Crippen molar-refractivity contribution >= 4 is 0 Å². The lowest BCUT2D eigenvalue weighted by atomic mass is 9.64. The fraction of sp³-hybridized carbons (Fsp3) is 0.667. The Labute approximate surface area is 110 Å². The standard InChI is InChI=1S/C15H24N2O/c1-5-18-14-10-13(15(14,2)3)17(4)11-12-8-6-7-9-16-12/h6-9,13-14H,5,10-11H2,1-4H3. The zero-order valence-corrected chi connectivity index (χ0v) is 11.9. The van der Waals surface area contributed by atoms with Crippen LogP contribution in [-0.2, 0) is 11.3 Å². The van der Waals surface area contributed by atoms with Crippen molar-refractivity contribution < 1.29 is 4.74 Å². The summed E-state index contributed by atoms with van der Waals surface area (Å²) < 4.78 is 5.78. The van der Waals surface area contributed by atoms with Gasteiger partial charge in [0.1, 0.15) is 0 Å². The number of hydrogen-bond acceptors (Lipinski definition) is 3. The number of ether oxygens (including phenoxy) is 1. The molecule has 1 saturated carbocycles. The number of aromatic nitrogens is 1. The van der Waals surface area contributed by atoms with Gasteiger partial charge in [0.25, 0.3) is 0 Å². The molecule has 1 aliphatic rings. The van der Waals surface area contributed by atoms with Gasteiger partial charge < -0.3 is 4.74 Å². The van der Waals surface area contributed by atoms with Crippen LogP contribution >= 0.6 is 0 Å². The Bertz CT molecular complexity index is 377. The maximum atomic E-state index is 5.78. The topological polar surface area (TPSA) is 25.4 Å². The quantitative estimate of drug-likeness (QED) is 0.801. The molecule has 2 atom stereocenters. The molecule has 1 aromatic heterocycles. The summed E-state index contributed by atoms with van der Waals surface area (Å²) in [7, 11) is 2.18. The molecule has 1 heterocycles. The molecule has 2 unspecified atom stereocenters. The molecular formula is C15H24N2O. The van der Waals surface area contributed by atoms with E-state index in [0.29, 0.717) is 12.1 Å². The van der Waals surface area contributed by atoms with E-state index < -0.39 is 0 Å². The summed E-state index contributed by atoms with van der Waals surface area (Å²) in [5.74, 6) is 0. The molecule has 0 aromatic carbocycles. The average molecular weight is 248 g/mol. The van der Waals surface area contributed by atoms with E-state index >= 15 is 0 Å². The van der Waals surface area contributed by atoms with E-state index in [4.69, 9.17) is 4.74 Å². The highest BCUT2D eigenvalue weighted by Crippen LogP contribution is 2.45. The summed E-state index contributed by atoms with van der Waals surface area (Å²) in [5, 5.41) is 0. The minimum Gasteiger partial charge on any atom is -0.378 e. The van der Waals surface area contributed by atoms with Crippen LogP contribution in [0.25, 0.3) is 0 Å². The Balaban J connectivity index is 1.93. The van der Waals surface area contributed by atoms with Gasteiger partial charge in [0.15, 0.2) is 0 Å². The minimum atomic E-state index is 0.236. The predicted octanol–water partition coefficient (Wildman–Crippen LogP) is 2.72. The average Bonchev–Trinajstić information content (AvgIpc) is 2.35. The molecule has 0 aliphatic heterocycles. The van der Waals surface area contributed by atoms with Crippen LogP contribution < -0.4 is 0 Å². The highest BCUT2D eigenvalue weighted by Gasteiger charge is 2.50. The number of hydrogen-bond donors (Lipinski definition) is 0. The van der Waals surface area contributed by atoms with Crippen molar-refractivity contribution in [1.82, 2.24) is 9.88 Å². The molecule has 1 aromatic rings. The van der Waals surface area contributed by atoms with Crippen LogP contribution in [0.2, 0.25) is 0 Å². The Morgan fingerprint density at radius 1 is 1.44 bits per heavy atom. The zero-order valence-electron chi connectivity index (χ0n) is 11.9. The molecule has 1 aliphatic carbocycles. The summed E-state index contributed by atoms with van der Waals surface area (Å²) in [6.45, 7) is 8.40. The van der Waals surface area contributed by atoms with E-state index in [1.165, 1.54) is 0 Å². The number of pyridine rings is 1. The molecule has 0 radical (unpaired) electrons. The number of rotatable bonds is 5. The van der Waals surface area contributed by atoms with Crippen LogP contribution in [0.5, 0.6) is 0 Å². The fourth-order valence-electron chi connectivity index (χ4n) is 2.95. The first-order chi connectivity index (χ1) is 8.55. The first kappa shape index (κ1) is 13.5.